The fourth-order valence-corrected chi connectivity index (χ4v) is 2.91. The first-order valence-electron chi connectivity index (χ1n) is 6.76. The zero-order valence-corrected chi connectivity index (χ0v) is 12.2. The van der Waals surface area contributed by atoms with Gasteiger partial charge in [-0.3, -0.25) is 4.68 Å². The molecule has 2 rings (SSSR count). The van der Waals surface area contributed by atoms with Gasteiger partial charge in [-0.1, -0.05) is 18.5 Å². The molecule has 1 N–H and O–H groups in total. The van der Waals surface area contributed by atoms with Crippen LogP contribution in [-0.4, -0.2) is 35.6 Å². The molecule has 1 aliphatic rings. The number of hydrogen-bond acceptors (Lipinski definition) is 3. The Kier molecular flexibility index (Phi) is 4.81. The highest BCUT2D eigenvalue weighted by Gasteiger charge is 2.35. The van der Waals surface area contributed by atoms with Crippen LogP contribution in [0.4, 0.5) is 4.39 Å². The molecule has 2 heterocycles. The van der Waals surface area contributed by atoms with Gasteiger partial charge >= 0.3 is 0 Å². The smallest absolute Gasteiger partial charge is 0.152 e. The van der Waals surface area contributed by atoms with Crippen molar-refractivity contribution in [2.75, 3.05) is 19.8 Å². The van der Waals surface area contributed by atoms with Crippen molar-refractivity contribution in [2.45, 2.75) is 44.9 Å². The van der Waals surface area contributed by atoms with Crippen LogP contribution >= 0.6 is 11.6 Å². The van der Waals surface area contributed by atoms with E-state index in [0.717, 1.165) is 13.0 Å². The van der Waals surface area contributed by atoms with Crippen LogP contribution < -0.4 is 5.32 Å². The number of hydrogen-bond donors (Lipinski definition) is 1. The lowest BCUT2D eigenvalue weighted by molar-refractivity contribution is 0.0449. The Bertz CT molecular complexity index is 416. The van der Waals surface area contributed by atoms with Gasteiger partial charge in [0.1, 0.15) is 0 Å². The maximum absolute atomic E-state index is 15.0. The van der Waals surface area contributed by atoms with Crippen molar-refractivity contribution >= 4 is 11.6 Å². The third-order valence-electron chi connectivity index (χ3n) is 3.35. The number of halogens is 2. The van der Waals surface area contributed by atoms with Crippen LogP contribution in [0, 0.1) is 0 Å². The zero-order chi connectivity index (χ0) is 13.9. The van der Waals surface area contributed by atoms with E-state index in [0.29, 0.717) is 36.9 Å². The van der Waals surface area contributed by atoms with E-state index in [4.69, 9.17) is 16.3 Å². The van der Waals surface area contributed by atoms with Crippen molar-refractivity contribution in [3.63, 3.8) is 0 Å². The molecule has 0 aromatic carbocycles. The van der Waals surface area contributed by atoms with E-state index in [1.54, 1.807) is 11.6 Å². The van der Waals surface area contributed by atoms with Crippen molar-refractivity contribution in [3.8, 4) is 0 Å². The highest BCUT2D eigenvalue weighted by atomic mass is 35.5. The Morgan fingerprint density at radius 1 is 1.68 bits per heavy atom. The molecule has 19 heavy (non-hydrogen) atoms. The minimum absolute atomic E-state index is 0.0183. The molecule has 6 heteroatoms. The molecule has 1 aromatic rings. The molecule has 2 atom stereocenters. The highest BCUT2D eigenvalue weighted by molar-refractivity contribution is 6.31. The largest absolute Gasteiger partial charge is 0.379 e. The summed E-state index contributed by atoms with van der Waals surface area (Å²) in [5.41, 5.74) is -1.04. The predicted octanol–water partition coefficient (Wildman–Crippen LogP) is 2.51. The van der Waals surface area contributed by atoms with Gasteiger partial charge in [-0.2, -0.15) is 5.10 Å². The van der Waals surface area contributed by atoms with Crippen molar-refractivity contribution in [1.82, 2.24) is 15.1 Å². The van der Waals surface area contributed by atoms with Gasteiger partial charge in [-0.05, 0) is 13.3 Å². The first-order valence-corrected chi connectivity index (χ1v) is 7.14. The third kappa shape index (κ3) is 3.46. The van der Waals surface area contributed by atoms with Crippen LogP contribution in [0.3, 0.4) is 0 Å². The van der Waals surface area contributed by atoms with Gasteiger partial charge in [0, 0.05) is 25.6 Å². The Morgan fingerprint density at radius 2 is 2.47 bits per heavy atom. The average molecular weight is 290 g/mol. The van der Waals surface area contributed by atoms with Crippen LogP contribution in [0.2, 0.25) is 5.02 Å². The predicted molar refractivity (Wildman–Crippen MR) is 73.2 cm³/mol. The van der Waals surface area contributed by atoms with Crippen molar-refractivity contribution in [3.05, 3.63) is 16.9 Å². The molecule has 0 spiro atoms. The minimum Gasteiger partial charge on any atom is -0.379 e. The van der Waals surface area contributed by atoms with Gasteiger partial charge in [-0.15, -0.1) is 0 Å². The first-order chi connectivity index (χ1) is 9.04. The van der Waals surface area contributed by atoms with Crippen LogP contribution in [0.1, 0.15) is 32.4 Å². The lowest BCUT2D eigenvalue weighted by Crippen LogP contribution is -2.44. The van der Waals surface area contributed by atoms with E-state index in [1.165, 1.54) is 6.20 Å². The zero-order valence-electron chi connectivity index (χ0n) is 11.5. The Labute approximate surface area is 118 Å². The fraction of sp³-hybridized carbons (Fsp3) is 0.769. The van der Waals surface area contributed by atoms with E-state index in [1.807, 2.05) is 6.92 Å². The number of aryl methyl sites for hydroxylation is 1. The fourth-order valence-electron chi connectivity index (χ4n) is 2.57. The third-order valence-corrected chi connectivity index (χ3v) is 3.63. The average Bonchev–Trinajstić information content (AvgIpc) is 2.72. The number of morpholine rings is 1. The SMILES string of the molecule is CCCn1ncc(Cl)c1C(C)(F)CC1COCCN1. The molecular formula is C13H21ClFN3O. The van der Waals surface area contributed by atoms with E-state index in [-0.39, 0.29) is 6.04 Å². The highest BCUT2D eigenvalue weighted by Crippen LogP contribution is 2.35. The normalized spacial score (nSPS) is 23.3. The second-order valence-corrected chi connectivity index (χ2v) is 5.60. The van der Waals surface area contributed by atoms with Crippen molar-refractivity contribution in [2.24, 2.45) is 0 Å². The Morgan fingerprint density at radius 3 is 3.11 bits per heavy atom. The minimum atomic E-state index is -1.51. The number of nitrogens with zero attached hydrogens (tertiary/aromatic N) is 2. The molecule has 0 amide bonds. The molecule has 1 fully saturated rings. The number of ether oxygens (including phenoxy) is 1. The summed E-state index contributed by atoms with van der Waals surface area (Å²) in [6, 6.07) is 0.0183. The van der Waals surface area contributed by atoms with Crippen LogP contribution in [-0.2, 0) is 17.0 Å². The molecule has 0 radical (unpaired) electrons. The van der Waals surface area contributed by atoms with E-state index in [2.05, 4.69) is 10.4 Å². The molecule has 1 aliphatic heterocycles. The van der Waals surface area contributed by atoms with Gasteiger partial charge in [-0.25, -0.2) is 4.39 Å². The Balaban J connectivity index is 2.15. The molecule has 0 aliphatic carbocycles. The summed E-state index contributed by atoms with van der Waals surface area (Å²) in [5.74, 6) is 0. The number of aromatic nitrogens is 2. The topological polar surface area (TPSA) is 39.1 Å². The molecule has 0 bridgehead atoms. The van der Waals surface area contributed by atoms with Gasteiger partial charge in [0.15, 0.2) is 5.67 Å². The molecule has 108 valence electrons. The molecule has 0 saturated carbocycles. The molecule has 2 unspecified atom stereocenters. The lowest BCUT2D eigenvalue weighted by atomic mass is 9.94. The summed E-state index contributed by atoms with van der Waals surface area (Å²) in [4.78, 5) is 0. The van der Waals surface area contributed by atoms with Gasteiger partial charge in [0.05, 0.1) is 30.1 Å². The van der Waals surface area contributed by atoms with Crippen molar-refractivity contribution < 1.29 is 9.13 Å². The monoisotopic (exact) mass is 289 g/mol. The molecule has 1 aromatic heterocycles. The standard InChI is InChI=1S/C13H21ClFN3O/c1-3-5-18-12(11(14)8-17-18)13(2,15)7-10-9-19-6-4-16-10/h8,10,16H,3-7,9H2,1-2H3. The lowest BCUT2D eigenvalue weighted by Gasteiger charge is -2.30. The first kappa shape index (κ1) is 14.8. The van der Waals surface area contributed by atoms with Crippen LogP contribution in [0.25, 0.3) is 0 Å². The van der Waals surface area contributed by atoms with Gasteiger partial charge in [0.2, 0.25) is 0 Å². The van der Waals surface area contributed by atoms with Crippen LogP contribution in [0.5, 0.6) is 0 Å². The summed E-state index contributed by atoms with van der Waals surface area (Å²) in [6.45, 7) is 6.27. The van der Waals surface area contributed by atoms with Gasteiger partial charge < -0.3 is 10.1 Å². The Hall–Kier alpha value is -0.650. The summed E-state index contributed by atoms with van der Waals surface area (Å²) in [6.07, 6.45) is 2.75. The molecular weight excluding hydrogens is 269 g/mol. The maximum Gasteiger partial charge on any atom is 0.152 e. The van der Waals surface area contributed by atoms with Crippen molar-refractivity contribution in [1.29, 1.82) is 0 Å². The van der Waals surface area contributed by atoms with Gasteiger partial charge in [0.25, 0.3) is 0 Å². The maximum atomic E-state index is 15.0. The second kappa shape index (κ2) is 6.20. The van der Waals surface area contributed by atoms with Crippen LogP contribution in [0.15, 0.2) is 6.20 Å². The number of rotatable bonds is 5. The van der Waals surface area contributed by atoms with E-state index >= 15 is 4.39 Å². The summed E-state index contributed by atoms with van der Waals surface area (Å²) < 4.78 is 22.1. The summed E-state index contributed by atoms with van der Waals surface area (Å²) in [7, 11) is 0. The number of nitrogens with one attached hydrogen (secondary N) is 1. The second-order valence-electron chi connectivity index (χ2n) is 5.19. The van der Waals surface area contributed by atoms with E-state index in [9.17, 15) is 0 Å². The number of alkyl halides is 1. The summed E-state index contributed by atoms with van der Waals surface area (Å²) >= 11 is 6.11. The summed E-state index contributed by atoms with van der Waals surface area (Å²) in [5, 5.41) is 7.83. The molecule has 1 saturated heterocycles. The quantitative estimate of drug-likeness (QED) is 0.905. The van der Waals surface area contributed by atoms with E-state index < -0.39 is 5.67 Å². The molecule has 4 nitrogen and oxygen atoms in total.